The molecular formula is C19H15Cl2F3N2O2S. The summed E-state index contributed by atoms with van der Waals surface area (Å²) in [4.78, 5) is 18.4. The van der Waals surface area contributed by atoms with Crippen LogP contribution in [0.3, 0.4) is 0 Å². The molecule has 2 aromatic carbocycles. The number of aliphatic imine (C=N–C) groups is 1. The molecule has 1 aliphatic heterocycles. The van der Waals surface area contributed by atoms with E-state index in [0.717, 1.165) is 12.1 Å². The number of carbonyl (C=O) groups is 1. The van der Waals surface area contributed by atoms with Gasteiger partial charge in [-0.25, -0.2) is 0 Å². The lowest BCUT2D eigenvalue weighted by Crippen LogP contribution is -2.30. The number of phenols is 1. The molecule has 0 saturated heterocycles. The lowest BCUT2D eigenvalue weighted by Gasteiger charge is -2.17. The Morgan fingerprint density at radius 2 is 1.93 bits per heavy atom. The van der Waals surface area contributed by atoms with Crippen LogP contribution >= 0.6 is 35.0 Å². The van der Waals surface area contributed by atoms with E-state index < -0.39 is 11.7 Å². The molecule has 1 heterocycles. The molecule has 1 amide bonds. The molecule has 0 bridgehead atoms. The molecule has 0 aliphatic carbocycles. The van der Waals surface area contributed by atoms with Gasteiger partial charge in [-0.3, -0.25) is 9.79 Å². The van der Waals surface area contributed by atoms with Gasteiger partial charge < -0.3 is 10.0 Å². The van der Waals surface area contributed by atoms with Crippen molar-refractivity contribution in [1.29, 1.82) is 0 Å². The largest absolute Gasteiger partial charge is 0.505 e. The zero-order valence-electron chi connectivity index (χ0n) is 15.0. The van der Waals surface area contributed by atoms with E-state index in [-0.39, 0.29) is 39.3 Å². The van der Waals surface area contributed by atoms with E-state index in [9.17, 15) is 23.1 Å². The molecule has 29 heavy (non-hydrogen) atoms. The molecule has 1 atom stereocenters. The third-order valence-electron chi connectivity index (χ3n) is 4.28. The van der Waals surface area contributed by atoms with Gasteiger partial charge in [0.05, 0.1) is 21.7 Å². The number of hydrogen-bond donors (Lipinski definition) is 1. The molecule has 10 heteroatoms. The normalized spacial score (nSPS) is 16.6. The van der Waals surface area contributed by atoms with Gasteiger partial charge in [-0.15, -0.1) is 0 Å². The van der Waals surface area contributed by atoms with Crippen LogP contribution in [0, 0.1) is 0 Å². The Bertz CT molecular complexity index is 959. The van der Waals surface area contributed by atoms with Gasteiger partial charge in [0, 0.05) is 19.3 Å². The van der Waals surface area contributed by atoms with Crippen molar-refractivity contribution >= 4 is 45.9 Å². The van der Waals surface area contributed by atoms with Crippen molar-refractivity contribution in [3.63, 3.8) is 0 Å². The summed E-state index contributed by atoms with van der Waals surface area (Å²) >= 11 is 13.1. The average molecular weight is 463 g/mol. The Hall–Kier alpha value is -1.90. The van der Waals surface area contributed by atoms with Gasteiger partial charge in [0.1, 0.15) is 0 Å². The van der Waals surface area contributed by atoms with Crippen LogP contribution in [0.2, 0.25) is 10.0 Å². The number of rotatable bonds is 4. The molecule has 0 saturated carbocycles. The maximum Gasteiger partial charge on any atom is 0.416 e. The summed E-state index contributed by atoms with van der Waals surface area (Å²) in [5.41, 5.74) is 0.270. The molecule has 2 aromatic rings. The highest BCUT2D eigenvalue weighted by molar-refractivity contribution is 8.16. The first-order valence-electron chi connectivity index (χ1n) is 8.36. The molecule has 4 nitrogen and oxygen atoms in total. The lowest BCUT2D eigenvalue weighted by molar-refractivity contribution is -0.137. The minimum Gasteiger partial charge on any atom is -0.505 e. The van der Waals surface area contributed by atoms with Crippen LogP contribution in [-0.2, 0) is 17.5 Å². The first-order chi connectivity index (χ1) is 13.6. The zero-order valence-corrected chi connectivity index (χ0v) is 17.3. The molecule has 1 aliphatic rings. The summed E-state index contributed by atoms with van der Waals surface area (Å²) in [6.45, 7) is 0.0177. The van der Waals surface area contributed by atoms with Gasteiger partial charge in [0.15, 0.2) is 10.8 Å². The molecule has 1 unspecified atom stereocenters. The number of amides is 1. The Morgan fingerprint density at radius 3 is 2.55 bits per heavy atom. The Labute approximate surface area is 179 Å². The lowest BCUT2D eigenvalue weighted by atomic mass is 10.1. The molecule has 1 N–H and O–H groups in total. The first kappa shape index (κ1) is 21.8. The van der Waals surface area contributed by atoms with E-state index in [4.69, 9.17) is 23.2 Å². The number of halogens is 5. The second-order valence-corrected chi connectivity index (χ2v) is 8.28. The predicted octanol–water partition coefficient (Wildman–Crippen LogP) is 5.56. The van der Waals surface area contributed by atoms with Gasteiger partial charge >= 0.3 is 6.18 Å². The van der Waals surface area contributed by atoms with Crippen molar-refractivity contribution in [1.82, 2.24) is 4.90 Å². The topological polar surface area (TPSA) is 52.9 Å². The number of carbonyl (C=O) groups excluding carboxylic acids is 1. The van der Waals surface area contributed by atoms with Crippen molar-refractivity contribution < 1.29 is 23.1 Å². The SMILES string of the molecule is CN(Cc1cccc(C(F)(F)F)c1)C(=O)C1=NC(c2cc(Cl)c(O)c(Cl)c2)CS1. The predicted molar refractivity (Wildman–Crippen MR) is 109 cm³/mol. The van der Waals surface area contributed by atoms with E-state index in [2.05, 4.69) is 4.99 Å². The molecule has 0 radical (unpaired) electrons. The molecule has 0 spiro atoms. The number of nitrogens with zero attached hydrogens (tertiary/aromatic N) is 2. The Balaban J connectivity index is 1.73. The van der Waals surface area contributed by atoms with Crippen LogP contribution in [0.5, 0.6) is 5.75 Å². The fraction of sp³-hybridized carbons (Fsp3) is 0.263. The summed E-state index contributed by atoms with van der Waals surface area (Å²) < 4.78 is 38.6. The maximum atomic E-state index is 12.9. The number of hydrogen-bond acceptors (Lipinski definition) is 4. The number of benzene rings is 2. The summed E-state index contributed by atoms with van der Waals surface area (Å²) in [6.07, 6.45) is -4.44. The zero-order chi connectivity index (χ0) is 21.3. The molecule has 154 valence electrons. The van der Waals surface area contributed by atoms with E-state index in [0.29, 0.717) is 16.9 Å². The monoisotopic (exact) mass is 462 g/mol. The van der Waals surface area contributed by atoms with E-state index in [1.165, 1.54) is 48.0 Å². The summed E-state index contributed by atoms with van der Waals surface area (Å²) in [7, 11) is 1.51. The average Bonchev–Trinajstić information content (AvgIpc) is 3.14. The van der Waals surface area contributed by atoms with Gasteiger partial charge in [-0.1, -0.05) is 47.1 Å². The van der Waals surface area contributed by atoms with Crippen molar-refractivity contribution in [2.45, 2.75) is 18.8 Å². The van der Waals surface area contributed by atoms with Crippen LogP contribution in [0.4, 0.5) is 13.2 Å². The van der Waals surface area contributed by atoms with Crippen LogP contribution in [0.1, 0.15) is 22.7 Å². The number of aromatic hydroxyl groups is 1. The Kier molecular flexibility index (Phi) is 6.36. The minimum absolute atomic E-state index is 0.0177. The summed E-state index contributed by atoms with van der Waals surface area (Å²) in [5, 5.41) is 10.1. The fourth-order valence-electron chi connectivity index (χ4n) is 2.79. The summed E-state index contributed by atoms with van der Waals surface area (Å²) in [5.74, 6) is -0.120. The third-order valence-corrected chi connectivity index (χ3v) is 5.89. The van der Waals surface area contributed by atoms with Crippen LogP contribution in [0.15, 0.2) is 41.4 Å². The van der Waals surface area contributed by atoms with Crippen LogP contribution in [0.25, 0.3) is 0 Å². The van der Waals surface area contributed by atoms with Gasteiger partial charge in [0.25, 0.3) is 5.91 Å². The smallest absolute Gasteiger partial charge is 0.416 e. The summed E-state index contributed by atoms with van der Waals surface area (Å²) in [6, 6.07) is 7.57. The van der Waals surface area contributed by atoms with E-state index in [1.54, 1.807) is 0 Å². The quantitative estimate of drug-likeness (QED) is 0.646. The van der Waals surface area contributed by atoms with E-state index >= 15 is 0 Å². The standard InChI is InChI=1S/C19H15Cl2F3N2O2S/c1-26(8-10-3-2-4-12(5-10)19(22,23)24)18(28)17-25-15(9-29-17)11-6-13(20)16(27)14(21)7-11/h2-7,15,27H,8-9H2,1H3. The molecule has 0 fully saturated rings. The highest BCUT2D eigenvalue weighted by Gasteiger charge is 2.31. The van der Waals surface area contributed by atoms with Crippen molar-refractivity contribution in [3.05, 3.63) is 63.1 Å². The van der Waals surface area contributed by atoms with E-state index in [1.807, 2.05) is 0 Å². The highest BCUT2D eigenvalue weighted by atomic mass is 35.5. The van der Waals surface area contributed by atoms with Crippen LogP contribution in [-0.4, -0.2) is 33.8 Å². The highest BCUT2D eigenvalue weighted by Crippen LogP contribution is 2.38. The molecular weight excluding hydrogens is 448 g/mol. The Morgan fingerprint density at radius 1 is 1.28 bits per heavy atom. The number of thioether (sulfide) groups is 1. The first-order valence-corrected chi connectivity index (χ1v) is 10.1. The van der Waals surface area contributed by atoms with Crippen molar-refractivity contribution in [2.75, 3.05) is 12.8 Å². The van der Waals surface area contributed by atoms with Crippen molar-refractivity contribution in [2.24, 2.45) is 4.99 Å². The molecule has 0 aromatic heterocycles. The van der Waals surface area contributed by atoms with Gasteiger partial charge in [-0.05, 0) is 35.4 Å². The van der Waals surface area contributed by atoms with Crippen molar-refractivity contribution in [3.8, 4) is 5.75 Å². The van der Waals surface area contributed by atoms with Gasteiger partial charge in [0.2, 0.25) is 0 Å². The van der Waals surface area contributed by atoms with Crippen LogP contribution < -0.4 is 0 Å². The number of phenolic OH excluding ortho intramolecular Hbond substituents is 1. The maximum absolute atomic E-state index is 12.9. The third kappa shape index (κ3) is 4.99. The number of alkyl halides is 3. The molecule has 3 rings (SSSR count). The second-order valence-electron chi connectivity index (χ2n) is 6.45. The second kappa shape index (κ2) is 8.45. The van der Waals surface area contributed by atoms with Gasteiger partial charge in [-0.2, -0.15) is 13.2 Å². The minimum atomic E-state index is -4.44. The fourth-order valence-corrected chi connectivity index (χ4v) is 4.36.